The fourth-order valence-corrected chi connectivity index (χ4v) is 3.15. The van der Waals surface area contributed by atoms with Crippen LogP contribution in [0, 0.1) is 0 Å². The van der Waals surface area contributed by atoms with Crippen molar-refractivity contribution in [3.8, 4) is 17.2 Å². The number of nitrogens with one attached hydrogen (secondary N) is 2. The predicted molar refractivity (Wildman–Crippen MR) is 112 cm³/mol. The first-order chi connectivity index (χ1) is 14.0. The van der Waals surface area contributed by atoms with Crippen LogP contribution in [0.3, 0.4) is 0 Å². The largest absolute Gasteiger partial charge is 0.493 e. The van der Waals surface area contributed by atoms with Gasteiger partial charge in [-0.05, 0) is 26.7 Å². The van der Waals surface area contributed by atoms with E-state index in [-0.39, 0.29) is 6.04 Å². The molecule has 2 N–H and O–H groups in total. The topological polar surface area (TPSA) is 95.4 Å². The normalized spacial score (nSPS) is 13.6. The number of imidazole rings is 1. The van der Waals surface area contributed by atoms with Gasteiger partial charge in [-0.15, -0.1) is 0 Å². The molecule has 3 aromatic rings. The highest BCUT2D eigenvalue weighted by atomic mass is 16.5. The lowest BCUT2D eigenvalue weighted by molar-refractivity contribution is 0.324. The average Bonchev–Trinajstić information content (AvgIpc) is 3.42. The van der Waals surface area contributed by atoms with Crippen molar-refractivity contribution in [1.29, 1.82) is 0 Å². The zero-order valence-corrected chi connectivity index (χ0v) is 17.3. The van der Waals surface area contributed by atoms with Crippen molar-refractivity contribution < 1.29 is 14.2 Å². The molecule has 9 nitrogen and oxygen atoms in total. The molecule has 1 aromatic carbocycles. The summed E-state index contributed by atoms with van der Waals surface area (Å²) < 4.78 is 18.3. The van der Waals surface area contributed by atoms with E-state index in [2.05, 4.69) is 34.4 Å². The summed E-state index contributed by atoms with van der Waals surface area (Å²) in [5, 5.41) is 6.73. The minimum Gasteiger partial charge on any atom is -0.493 e. The molecule has 2 aromatic heterocycles. The Morgan fingerprint density at radius 3 is 2.28 bits per heavy atom. The Bertz CT molecular complexity index is 1000. The van der Waals surface area contributed by atoms with Crippen molar-refractivity contribution in [2.45, 2.75) is 38.8 Å². The van der Waals surface area contributed by atoms with Crippen LogP contribution in [0.1, 0.15) is 32.7 Å². The molecule has 154 valence electrons. The molecule has 4 rings (SSSR count). The van der Waals surface area contributed by atoms with E-state index in [0.29, 0.717) is 29.2 Å². The molecule has 0 unspecified atom stereocenters. The molecule has 1 saturated carbocycles. The van der Waals surface area contributed by atoms with Crippen LogP contribution < -0.4 is 24.8 Å². The molecule has 1 aliphatic carbocycles. The number of aromatic nitrogens is 4. The number of ether oxygens (including phenoxy) is 3. The predicted octanol–water partition coefficient (Wildman–Crippen LogP) is 3.75. The van der Waals surface area contributed by atoms with Crippen molar-refractivity contribution in [3.05, 3.63) is 18.5 Å². The third kappa shape index (κ3) is 3.72. The number of nitrogens with zero attached hydrogens (tertiary/aromatic N) is 4. The van der Waals surface area contributed by atoms with Crippen LogP contribution in [0.5, 0.6) is 17.2 Å². The molecule has 1 aliphatic rings. The maximum absolute atomic E-state index is 5.44. The monoisotopic (exact) mass is 398 g/mol. The van der Waals surface area contributed by atoms with Crippen LogP contribution in [0.2, 0.25) is 0 Å². The zero-order valence-electron chi connectivity index (χ0n) is 17.3. The molecule has 0 aliphatic heterocycles. The smallest absolute Gasteiger partial charge is 0.231 e. The Morgan fingerprint density at radius 2 is 1.72 bits per heavy atom. The fourth-order valence-electron chi connectivity index (χ4n) is 3.15. The average molecular weight is 398 g/mol. The summed E-state index contributed by atoms with van der Waals surface area (Å²) in [6.45, 7) is 4.20. The third-order valence-corrected chi connectivity index (χ3v) is 4.82. The van der Waals surface area contributed by atoms with E-state index in [1.54, 1.807) is 21.3 Å². The highest BCUT2D eigenvalue weighted by Gasteiger charge is 2.24. The molecule has 29 heavy (non-hydrogen) atoms. The van der Waals surface area contributed by atoms with Crippen LogP contribution in [0.4, 0.5) is 17.5 Å². The number of benzene rings is 1. The lowest BCUT2D eigenvalue weighted by Crippen LogP contribution is -2.09. The van der Waals surface area contributed by atoms with E-state index >= 15 is 0 Å². The molecule has 0 atom stereocenters. The standard InChI is InChI=1S/C20H26N6O3/c1-11(2)26-10-21-16-18(22-12-6-7-12)24-20(25-19(16)26)23-13-8-14(27-3)17(29-5)15(9-13)28-4/h8-12H,6-7H2,1-5H3,(H2,22,23,24,25). The maximum atomic E-state index is 5.44. The molecule has 9 heteroatoms. The van der Waals surface area contributed by atoms with Gasteiger partial charge in [0, 0.05) is 29.9 Å². The van der Waals surface area contributed by atoms with Gasteiger partial charge in [0.1, 0.15) is 0 Å². The first kappa shape index (κ1) is 19.1. The second kappa shape index (κ2) is 7.65. The van der Waals surface area contributed by atoms with Gasteiger partial charge in [0.2, 0.25) is 11.7 Å². The number of fused-ring (bicyclic) bond motifs is 1. The molecule has 1 fully saturated rings. The molecule has 2 heterocycles. The van der Waals surface area contributed by atoms with Crippen LogP contribution >= 0.6 is 0 Å². The van der Waals surface area contributed by atoms with E-state index in [1.165, 1.54) is 0 Å². The number of hydrogen-bond donors (Lipinski definition) is 2. The summed E-state index contributed by atoms with van der Waals surface area (Å²) in [6, 6.07) is 4.33. The van der Waals surface area contributed by atoms with E-state index in [1.807, 2.05) is 23.0 Å². The van der Waals surface area contributed by atoms with Crippen LogP contribution in [-0.4, -0.2) is 46.9 Å². The van der Waals surface area contributed by atoms with E-state index in [4.69, 9.17) is 19.2 Å². The van der Waals surface area contributed by atoms with Crippen LogP contribution in [0.15, 0.2) is 18.5 Å². The van der Waals surface area contributed by atoms with Crippen molar-refractivity contribution in [2.75, 3.05) is 32.0 Å². The quantitative estimate of drug-likeness (QED) is 0.592. The first-order valence-electron chi connectivity index (χ1n) is 9.62. The van der Waals surface area contributed by atoms with E-state index in [9.17, 15) is 0 Å². The van der Waals surface area contributed by atoms with Gasteiger partial charge in [-0.2, -0.15) is 9.97 Å². The minimum atomic E-state index is 0.234. The Morgan fingerprint density at radius 1 is 1.03 bits per heavy atom. The maximum Gasteiger partial charge on any atom is 0.231 e. The van der Waals surface area contributed by atoms with Gasteiger partial charge in [-0.1, -0.05) is 0 Å². The van der Waals surface area contributed by atoms with Gasteiger partial charge >= 0.3 is 0 Å². The van der Waals surface area contributed by atoms with Crippen LogP contribution in [0.25, 0.3) is 11.2 Å². The Hall–Kier alpha value is -3.23. The third-order valence-electron chi connectivity index (χ3n) is 4.82. The van der Waals surface area contributed by atoms with Gasteiger partial charge < -0.3 is 29.4 Å². The molecule has 0 bridgehead atoms. The number of hydrogen-bond acceptors (Lipinski definition) is 8. The molecule has 0 amide bonds. The molecular weight excluding hydrogens is 372 g/mol. The summed E-state index contributed by atoms with van der Waals surface area (Å²) in [4.78, 5) is 13.9. The van der Waals surface area contributed by atoms with E-state index in [0.717, 1.165) is 35.5 Å². The second-order valence-corrected chi connectivity index (χ2v) is 7.27. The summed E-state index contributed by atoms with van der Waals surface area (Å²) in [5.41, 5.74) is 2.29. The van der Waals surface area contributed by atoms with Gasteiger partial charge in [0.25, 0.3) is 0 Å². The number of methoxy groups -OCH3 is 3. The van der Waals surface area contributed by atoms with Crippen molar-refractivity contribution in [3.63, 3.8) is 0 Å². The summed E-state index contributed by atoms with van der Waals surface area (Å²) in [6.07, 6.45) is 4.10. The van der Waals surface area contributed by atoms with Gasteiger partial charge in [0.05, 0.1) is 27.7 Å². The highest BCUT2D eigenvalue weighted by molar-refractivity contribution is 5.85. The highest BCUT2D eigenvalue weighted by Crippen LogP contribution is 2.40. The Kier molecular flexibility index (Phi) is 5.04. The van der Waals surface area contributed by atoms with Gasteiger partial charge in [-0.3, -0.25) is 0 Å². The lowest BCUT2D eigenvalue weighted by atomic mass is 10.2. The molecular formula is C20H26N6O3. The Balaban J connectivity index is 1.76. The molecule has 0 saturated heterocycles. The van der Waals surface area contributed by atoms with E-state index < -0.39 is 0 Å². The lowest BCUT2D eigenvalue weighted by Gasteiger charge is -2.15. The fraction of sp³-hybridized carbons (Fsp3) is 0.450. The molecule has 0 spiro atoms. The second-order valence-electron chi connectivity index (χ2n) is 7.27. The number of anilines is 3. The zero-order chi connectivity index (χ0) is 20.5. The Labute approximate surface area is 169 Å². The minimum absolute atomic E-state index is 0.234. The van der Waals surface area contributed by atoms with Crippen molar-refractivity contribution >= 4 is 28.6 Å². The van der Waals surface area contributed by atoms with Crippen LogP contribution in [-0.2, 0) is 0 Å². The van der Waals surface area contributed by atoms with Crippen molar-refractivity contribution in [2.24, 2.45) is 0 Å². The number of rotatable bonds is 8. The van der Waals surface area contributed by atoms with Gasteiger partial charge in [0.15, 0.2) is 28.5 Å². The summed E-state index contributed by atoms with van der Waals surface area (Å²) in [5.74, 6) is 2.85. The SMILES string of the molecule is COc1cc(Nc2nc(NC3CC3)c3ncn(C(C)C)c3n2)cc(OC)c1OC. The summed E-state index contributed by atoms with van der Waals surface area (Å²) in [7, 11) is 4.75. The van der Waals surface area contributed by atoms with Gasteiger partial charge in [-0.25, -0.2) is 4.98 Å². The summed E-state index contributed by atoms with van der Waals surface area (Å²) >= 11 is 0. The first-order valence-corrected chi connectivity index (χ1v) is 9.62. The van der Waals surface area contributed by atoms with Crippen molar-refractivity contribution in [1.82, 2.24) is 19.5 Å². The molecule has 0 radical (unpaired) electrons.